The van der Waals surface area contributed by atoms with Crippen LogP contribution < -0.4 is 4.90 Å². The van der Waals surface area contributed by atoms with Gasteiger partial charge in [-0.15, -0.1) is 0 Å². The average molecular weight is 606 g/mol. The van der Waals surface area contributed by atoms with Crippen molar-refractivity contribution in [1.29, 1.82) is 0 Å². The predicted molar refractivity (Wildman–Crippen MR) is 176 cm³/mol. The second kappa shape index (κ2) is 9.61. The van der Waals surface area contributed by atoms with Crippen LogP contribution in [0, 0.1) is 0 Å². The van der Waals surface area contributed by atoms with Gasteiger partial charge >= 0.3 is 0 Å². The van der Waals surface area contributed by atoms with Crippen LogP contribution >= 0.6 is 15.9 Å². The van der Waals surface area contributed by atoms with Gasteiger partial charge in [-0.1, -0.05) is 101 Å². The van der Waals surface area contributed by atoms with Crippen LogP contribution in [0.2, 0.25) is 0 Å². The summed E-state index contributed by atoms with van der Waals surface area (Å²) in [6.07, 6.45) is 5.16. The number of aromatic hydroxyl groups is 1. The topological polar surface area (TPSA) is 35.8 Å². The Bertz CT molecular complexity index is 1400. The zero-order valence-corrected chi connectivity index (χ0v) is 28.6. The minimum Gasteiger partial charge on any atom is -0.507 e. The molecule has 216 valence electrons. The first kappa shape index (κ1) is 30.6. The summed E-state index contributed by atoms with van der Waals surface area (Å²) in [5.41, 5.74) is 6.88. The summed E-state index contributed by atoms with van der Waals surface area (Å²) in [4.78, 5) is 7.74. The van der Waals surface area contributed by atoms with Crippen molar-refractivity contribution in [3.8, 4) is 5.75 Å². The number of hydrogen-bond acceptors (Lipinski definition) is 3. The van der Waals surface area contributed by atoms with E-state index in [-0.39, 0.29) is 21.7 Å². The average Bonchev–Trinajstić information content (AvgIpc) is 3.10. The number of anilines is 1. The molecule has 2 aromatic rings. The summed E-state index contributed by atoms with van der Waals surface area (Å²) >= 11 is 3.83. The normalized spacial score (nSPS) is 20.2. The Morgan fingerprint density at radius 3 is 1.73 bits per heavy atom. The van der Waals surface area contributed by atoms with E-state index in [1.807, 2.05) is 0 Å². The molecule has 1 N–H and O–H groups in total. The Labute approximate surface area is 251 Å². The van der Waals surface area contributed by atoms with E-state index in [2.05, 4.69) is 153 Å². The lowest BCUT2D eigenvalue weighted by Gasteiger charge is -2.40. The zero-order valence-electron chi connectivity index (χ0n) is 27.0. The van der Waals surface area contributed by atoms with Crippen LogP contribution in [0.15, 0.2) is 57.7 Å². The second-order valence-electron chi connectivity index (χ2n) is 16.0. The van der Waals surface area contributed by atoms with E-state index < -0.39 is 5.54 Å². The molecule has 40 heavy (non-hydrogen) atoms. The molecule has 0 saturated heterocycles. The quantitative estimate of drug-likeness (QED) is 0.370. The maximum atomic E-state index is 11.9. The third kappa shape index (κ3) is 5.45. The summed E-state index contributed by atoms with van der Waals surface area (Å²) in [6, 6.07) is 11.4. The number of nitrogens with zero attached hydrogens (tertiary/aromatic N) is 2. The standard InChI is InChI=1S/C36H49BrN2O/c1-32(2,3)22-17-23(33(4,5)6)19-25(18-22)39-31(38-30-28(37)15-14-16-36(30,39)13)26-20-24(34(7,8)9)21-27(29(26)40)35(10,11)12/h14-15,17-21,40H,16H2,1-13H3. The molecular formula is C36H49BrN2O. The molecule has 4 rings (SSSR count). The third-order valence-electron chi connectivity index (χ3n) is 8.37. The molecule has 2 aromatic carbocycles. The molecular weight excluding hydrogens is 556 g/mol. The Kier molecular flexibility index (Phi) is 7.36. The summed E-state index contributed by atoms with van der Waals surface area (Å²) in [5.74, 6) is 1.12. The highest BCUT2D eigenvalue weighted by Gasteiger charge is 2.47. The van der Waals surface area contributed by atoms with Crippen molar-refractivity contribution in [2.24, 2.45) is 4.99 Å². The van der Waals surface area contributed by atoms with Crippen molar-refractivity contribution in [3.63, 3.8) is 0 Å². The Balaban J connectivity index is 2.11. The summed E-state index contributed by atoms with van der Waals surface area (Å²) in [5, 5.41) is 11.9. The molecule has 0 aromatic heterocycles. The van der Waals surface area contributed by atoms with Gasteiger partial charge in [-0.25, -0.2) is 4.99 Å². The molecule has 0 spiro atoms. The highest BCUT2D eigenvalue weighted by Crippen LogP contribution is 2.49. The summed E-state index contributed by atoms with van der Waals surface area (Å²) in [7, 11) is 0. The fourth-order valence-electron chi connectivity index (χ4n) is 5.59. The number of phenolic OH excluding ortho intramolecular Hbond substituents is 1. The van der Waals surface area contributed by atoms with Gasteiger partial charge in [0.05, 0.1) is 16.8 Å². The van der Waals surface area contributed by atoms with Crippen LogP contribution in [0.25, 0.3) is 0 Å². The lowest BCUT2D eigenvalue weighted by molar-refractivity contribution is 0.443. The van der Waals surface area contributed by atoms with Crippen molar-refractivity contribution in [2.45, 2.75) is 124 Å². The fourth-order valence-corrected chi connectivity index (χ4v) is 6.29. The van der Waals surface area contributed by atoms with Gasteiger partial charge in [0.25, 0.3) is 0 Å². The molecule has 1 heterocycles. The number of phenols is 1. The third-order valence-corrected chi connectivity index (χ3v) is 9.01. The van der Waals surface area contributed by atoms with Gasteiger partial charge in [-0.2, -0.15) is 0 Å². The number of hydrogen-bond donors (Lipinski definition) is 1. The molecule has 0 amide bonds. The van der Waals surface area contributed by atoms with Crippen LogP contribution in [0.5, 0.6) is 5.75 Å². The van der Waals surface area contributed by atoms with Crippen LogP contribution in [0.1, 0.15) is 124 Å². The van der Waals surface area contributed by atoms with E-state index in [1.54, 1.807) is 0 Å². The van der Waals surface area contributed by atoms with Gasteiger partial charge in [0.15, 0.2) is 0 Å². The molecule has 0 radical (unpaired) electrons. The number of aliphatic imine (C=N–C) groups is 1. The molecule has 4 heteroatoms. The molecule has 1 unspecified atom stereocenters. The van der Waals surface area contributed by atoms with E-state index in [4.69, 9.17) is 4.99 Å². The number of benzene rings is 2. The SMILES string of the molecule is CC(C)(C)c1cc(N2C(c3cc(C(C)(C)C)cc(C(C)(C)C)c3O)=NC3=C(Br)C=CCC32C)cc(C(C)(C)C)c1. The van der Waals surface area contributed by atoms with E-state index in [9.17, 15) is 5.11 Å². The number of halogens is 1. The van der Waals surface area contributed by atoms with Gasteiger partial charge in [0.1, 0.15) is 11.6 Å². The molecule has 0 fully saturated rings. The first-order valence-corrected chi connectivity index (χ1v) is 15.3. The van der Waals surface area contributed by atoms with Crippen molar-refractivity contribution in [3.05, 3.63) is 80.5 Å². The minimum absolute atomic E-state index is 0.0205. The lowest BCUT2D eigenvalue weighted by atomic mass is 9.78. The van der Waals surface area contributed by atoms with Crippen molar-refractivity contribution in [2.75, 3.05) is 4.90 Å². The molecule has 0 bridgehead atoms. The van der Waals surface area contributed by atoms with E-state index in [0.717, 1.165) is 39.3 Å². The molecule has 0 saturated carbocycles. The van der Waals surface area contributed by atoms with Crippen LogP contribution in [0.3, 0.4) is 0 Å². The maximum absolute atomic E-state index is 11.9. The van der Waals surface area contributed by atoms with E-state index >= 15 is 0 Å². The van der Waals surface area contributed by atoms with Gasteiger partial charge in [0.2, 0.25) is 0 Å². The first-order chi connectivity index (χ1) is 18.0. The van der Waals surface area contributed by atoms with Crippen molar-refractivity contribution < 1.29 is 5.11 Å². The fraction of sp³-hybridized carbons (Fsp3) is 0.528. The number of allylic oxidation sites excluding steroid dienone is 2. The van der Waals surface area contributed by atoms with Gasteiger partial charge in [-0.3, -0.25) is 0 Å². The summed E-state index contributed by atoms with van der Waals surface area (Å²) < 4.78 is 0.992. The zero-order chi connectivity index (χ0) is 30.2. The lowest BCUT2D eigenvalue weighted by Crippen LogP contribution is -2.47. The maximum Gasteiger partial charge on any atom is 0.145 e. The smallest absolute Gasteiger partial charge is 0.145 e. The number of fused-ring (bicyclic) bond motifs is 1. The van der Waals surface area contributed by atoms with E-state index in [1.165, 1.54) is 16.7 Å². The number of rotatable bonds is 2. The van der Waals surface area contributed by atoms with E-state index in [0.29, 0.717) is 5.75 Å². The molecule has 3 nitrogen and oxygen atoms in total. The first-order valence-electron chi connectivity index (χ1n) is 14.6. The molecule has 1 aliphatic heterocycles. The van der Waals surface area contributed by atoms with Crippen LogP contribution in [0.4, 0.5) is 5.69 Å². The van der Waals surface area contributed by atoms with Crippen LogP contribution in [-0.4, -0.2) is 16.5 Å². The summed E-state index contributed by atoms with van der Waals surface area (Å²) in [6.45, 7) is 29.1. The Morgan fingerprint density at radius 2 is 1.25 bits per heavy atom. The van der Waals surface area contributed by atoms with Crippen LogP contribution in [-0.2, 0) is 21.7 Å². The highest BCUT2D eigenvalue weighted by atomic mass is 79.9. The molecule has 1 aliphatic carbocycles. The second-order valence-corrected chi connectivity index (χ2v) is 16.9. The highest BCUT2D eigenvalue weighted by molar-refractivity contribution is 9.11. The van der Waals surface area contributed by atoms with Crippen molar-refractivity contribution in [1.82, 2.24) is 0 Å². The predicted octanol–water partition coefficient (Wildman–Crippen LogP) is 10.2. The van der Waals surface area contributed by atoms with Crippen molar-refractivity contribution >= 4 is 27.5 Å². The Hall–Kier alpha value is -2.33. The largest absolute Gasteiger partial charge is 0.507 e. The molecule has 2 aliphatic rings. The number of amidine groups is 1. The minimum atomic E-state index is -0.402. The Morgan fingerprint density at radius 1 is 0.750 bits per heavy atom. The molecule has 1 atom stereocenters. The van der Waals surface area contributed by atoms with Gasteiger partial charge in [-0.05, 0) is 91.9 Å². The monoisotopic (exact) mass is 604 g/mol. The van der Waals surface area contributed by atoms with Gasteiger partial charge in [0, 0.05) is 15.7 Å². The van der Waals surface area contributed by atoms with Gasteiger partial charge < -0.3 is 10.0 Å².